The van der Waals surface area contributed by atoms with Crippen molar-refractivity contribution < 1.29 is 18.6 Å². The fraction of sp³-hybridized carbons (Fsp3) is 0.419. The van der Waals surface area contributed by atoms with Crippen LogP contribution >= 0.6 is 141 Å². The van der Waals surface area contributed by atoms with Crippen LogP contribution in [-0.2, 0) is 30.5 Å². The Kier molecular flexibility index (Phi) is 23.1. The van der Waals surface area contributed by atoms with E-state index in [-0.39, 0.29) is 42.1 Å². The Balaban J connectivity index is 0.000000159. The molecule has 2 heterocycles. The number of fused-ring (bicyclic) bond motifs is 6. The summed E-state index contributed by atoms with van der Waals surface area (Å²) in [4.78, 5) is 0. The van der Waals surface area contributed by atoms with Crippen LogP contribution in [0, 0.1) is 7.14 Å². The van der Waals surface area contributed by atoms with Crippen LogP contribution in [0.2, 0.25) is 0 Å². The summed E-state index contributed by atoms with van der Waals surface area (Å²) in [5.41, 5.74) is 12.3. The number of unbranched alkanes of at least 4 members (excludes halogenated alkanes) is 6. The number of rotatable bonds is 14. The van der Waals surface area contributed by atoms with Gasteiger partial charge >= 0.3 is 14.2 Å². The van der Waals surface area contributed by atoms with Crippen LogP contribution in [0.5, 0.6) is 0 Å². The first-order valence-electron chi connectivity index (χ1n) is 26.5. The molecule has 0 atom stereocenters. The van der Waals surface area contributed by atoms with Gasteiger partial charge in [-0.1, -0.05) is 189 Å². The molecule has 4 aliphatic rings. The molecule has 0 saturated carbocycles. The fourth-order valence-corrected chi connectivity index (χ4v) is 14.3. The summed E-state index contributed by atoms with van der Waals surface area (Å²) >= 11 is 26.3. The molecular formula is C62H70B2Br6I2O4. The second kappa shape index (κ2) is 27.8. The van der Waals surface area contributed by atoms with E-state index in [2.05, 4.69) is 299 Å². The van der Waals surface area contributed by atoms with E-state index in [1.807, 2.05) is 18.2 Å². The lowest BCUT2D eigenvalue weighted by Gasteiger charge is -2.33. The Morgan fingerprint density at radius 2 is 0.750 bits per heavy atom. The molecule has 0 spiro atoms. The lowest BCUT2D eigenvalue weighted by atomic mass is 9.70. The largest absolute Gasteiger partial charge is 0.494 e. The van der Waals surface area contributed by atoms with E-state index in [1.165, 1.54) is 114 Å². The minimum Gasteiger partial charge on any atom is -0.399 e. The molecule has 76 heavy (non-hydrogen) atoms. The molecule has 0 bridgehead atoms. The maximum Gasteiger partial charge on any atom is 0.494 e. The molecule has 2 aliphatic carbocycles. The van der Waals surface area contributed by atoms with Crippen molar-refractivity contribution in [1.82, 2.24) is 0 Å². The molecule has 404 valence electrons. The van der Waals surface area contributed by atoms with Gasteiger partial charge in [0.05, 0.1) is 22.4 Å². The Hall–Kier alpha value is -0.370. The van der Waals surface area contributed by atoms with E-state index in [1.54, 1.807) is 11.1 Å². The van der Waals surface area contributed by atoms with E-state index in [4.69, 9.17) is 18.6 Å². The molecule has 14 heteroatoms. The Labute approximate surface area is 533 Å². The minimum absolute atomic E-state index is 0.154. The summed E-state index contributed by atoms with van der Waals surface area (Å²) in [5, 5.41) is 2.24. The van der Waals surface area contributed by atoms with Crippen molar-refractivity contribution in [3.05, 3.63) is 169 Å². The van der Waals surface area contributed by atoms with Crippen LogP contribution < -0.4 is 10.9 Å². The zero-order chi connectivity index (χ0) is 55.1. The molecule has 0 amide bonds. The van der Waals surface area contributed by atoms with Crippen LogP contribution in [0.25, 0.3) is 22.3 Å². The molecule has 10 rings (SSSR count). The number of alkyl halides is 2. The highest BCUT2D eigenvalue weighted by Crippen LogP contribution is 2.55. The van der Waals surface area contributed by atoms with Crippen molar-refractivity contribution in [3.63, 3.8) is 0 Å². The third-order valence-electron chi connectivity index (χ3n) is 15.8. The molecule has 0 unspecified atom stereocenters. The smallest absolute Gasteiger partial charge is 0.399 e. The van der Waals surface area contributed by atoms with Crippen LogP contribution in [0.4, 0.5) is 0 Å². The highest BCUT2D eigenvalue weighted by atomic mass is 127. The lowest BCUT2D eigenvalue weighted by Crippen LogP contribution is -2.41. The van der Waals surface area contributed by atoms with Gasteiger partial charge in [-0.25, -0.2) is 0 Å². The van der Waals surface area contributed by atoms with Crippen molar-refractivity contribution in [2.75, 3.05) is 10.7 Å². The van der Waals surface area contributed by atoms with Crippen molar-refractivity contribution in [3.8, 4) is 22.3 Å². The predicted octanol–water partition coefficient (Wildman–Crippen LogP) is 20.1. The number of halogens is 8. The van der Waals surface area contributed by atoms with Gasteiger partial charge in [0, 0.05) is 41.1 Å². The predicted molar refractivity (Wildman–Crippen MR) is 362 cm³/mol. The Bertz CT molecular complexity index is 2710. The Morgan fingerprint density at radius 3 is 1.11 bits per heavy atom. The van der Waals surface area contributed by atoms with Crippen LogP contribution in [0.1, 0.15) is 142 Å². The molecular weight excluding hydrogens is 1560 g/mol. The average Bonchev–Trinajstić information content (AvgIpc) is 4.00. The molecule has 4 nitrogen and oxygen atoms in total. The maximum absolute atomic E-state index is 6.15. The zero-order valence-electron chi connectivity index (χ0n) is 45.1. The van der Waals surface area contributed by atoms with Gasteiger partial charge < -0.3 is 18.6 Å². The molecule has 0 N–H and O–H groups in total. The van der Waals surface area contributed by atoms with E-state index in [0.717, 1.165) is 37.0 Å². The van der Waals surface area contributed by atoms with Crippen LogP contribution in [0.15, 0.2) is 139 Å². The van der Waals surface area contributed by atoms with E-state index in [0.29, 0.717) is 0 Å². The van der Waals surface area contributed by atoms with Gasteiger partial charge in [-0.2, -0.15) is 0 Å². The number of hydrogen-bond acceptors (Lipinski definition) is 4. The highest BCUT2D eigenvalue weighted by Gasteiger charge is 2.54. The second-order valence-corrected chi connectivity index (χ2v) is 30.0. The van der Waals surface area contributed by atoms with Crippen LogP contribution in [0.3, 0.4) is 0 Å². The molecule has 2 aliphatic heterocycles. The first-order chi connectivity index (χ1) is 36.0. The molecule has 0 radical (unpaired) electrons. The van der Waals surface area contributed by atoms with Gasteiger partial charge in [0.15, 0.2) is 0 Å². The second-order valence-electron chi connectivity index (χ2n) is 22.2. The number of benzene rings is 6. The van der Waals surface area contributed by atoms with Gasteiger partial charge in [-0.05, 0) is 255 Å². The highest BCUT2D eigenvalue weighted by molar-refractivity contribution is 14.1. The fourth-order valence-electron chi connectivity index (χ4n) is 10.3. The van der Waals surface area contributed by atoms with Crippen molar-refractivity contribution in [2.24, 2.45) is 0 Å². The maximum atomic E-state index is 6.15. The quantitative estimate of drug-likeness (QED) is 0.0471. The summed E-state index contributed by atoms with van der Waals surface area (Å²) in [6.45, 7) is 16.5. The van der Waals surface area contributed by atoms with Gasteiger partial charge in [-0.3, -0.25) is 0 Å². The first-order valence-corrected chi connectivity index (χ1v) is 34.1. The van der Waals surface area contributed by atoms with E-state index in [9.17, 15) is 0 Å². The topological polar surface area (TPSA) is 36.9 Å². The number of hydrogen-bond donors (Lipinski definition) is 0. The van der Waals surface area contributed by atoms with Crippen LogP contribution in [-0.4, -0.2) is 47.3 Å². The summed E-state index contributed by atoms with van der Waals surface area (Å²) in [5.74, 6) is 0. The molecule has 0 aromatic heterocycles. The van der Waals surface area contributed by atoms with Gasteiger partial charge in [0.25, 0.3) is 0 Å². The minimum atomic E-state index is -0.377. The van der Waals surface area contributed by atoms with E-state index >= 15 is 0 Å². The first kappa shape index (κ1) is 63.2. The van der Waals surface area contributed by atoms with Gasteiger partial charge in [0.2, 0.25) is 0 Å². The molecule has 6 aromatic rings. The van der Waals surface area contributed by atoms with E-state index < -0.39 is 0 Å². The molecule has 6 aromatic carbocycles. The monoisotopic (exact) mass is 1630 g/mol. The summed E-state index contributed by atoms with van der Waals surface area (Å²) in [6.07, 6.45) is 14.0. The third-order valence-corrected chi connectivity index (χ3v) is 20.2. The summed E-state index contributed by atoms with van der Waals surface area (Å²) < 4.78 is 31.9. The Morgan fingerprint density at radius 1 is 0.408 bits per heavy atom. The standard InChI is InChI=1S/C25H30Br4.C18H28B2O4.C13H8Br2.C6H4I2/c26-15-7-3-1-5-13-25(14-6-2-4-8-16-27)23-17-19(28)9-11-21(23)22-12-10-20(29)18-24(22)25;1-15(2)16(3,4)22-19(21-15)13-10-9-11-14(12-13)20-23-17(5,6)18(7,8)24-20;14-10-1-3-12-8(6-10)5-9-7-11(15)2-4-13(9)12;7-5-2-1-3-6(8)4-5/h9-12,17-18H,1-8,13-16H2;9-12H,1-8H3;1-4,6-7H,5H2;1-4H. The SMILES string of the molecule is BrCCCCCCC1(CCCCCCBr)c2cc(Br)ccc2-c2ccc(Br)cc21.Brc1ccc2c(c1)Cc1cc(Br)ccc1-2.CC1(C)OB(c2cccc(B3OC(C)(C)C(C)(C)O3)c2)OC1(C)C.Ic1cccc(I)c1. The van der Waals surface area contributed by atoms with Gasteiger partial charge in [-0.15, -0.1) is 0 Å². The summed E-state index contributed by atoms with van der Waals surface area (Å²) in [6, 6.07) is 43.4. The van der Waals surface area contributed by atoms with Crippen molar-refractivity contribution in [1.29, 1.82) is 0 Å². The molecule has 2 saturated heterocycles. The molecule has 2 fully saturated rings. The zero-order valence-corrected chi connectivity index (χ0v) is 58.9. The van der Waals surface area contributed by atoms with Crippen molar-refractivity contribution in [2.45, 2.75) is 154 Å². The normalized spacial score (nSPS) is 17.3. The van der Waals surface area contributed by atoms with Gasteiger partial charge in [0.1, 0.15) is 0 Å². The average molecular weight is 1630 g/mol. The third kappa shape index (κ3) is 15.6. The summed E-state index contributed by atoms with van der Waals surface area (Å²) in [7, 11) is -0.755. The van der Waals surface area contributed by atoms with Crippen molar-refractivity contribution >= 4 is 166 Å². The lowest BCUT2D eigenvalue weighted by molar-refractivity contribution is 0.00578.